The molecule has 3 atom stereocenters. The smallest absolute Gasteiger partial charge is 0.263 e. The number of amides is 2. The Bertz CT molecular complexity index is 866. The van der Waals surface area contributed by atoms with Gasteiger partial charge in [0.05, 0.1) is 30.5 Å². The van der Waals surface area contributed by atoms with Crippen molar-refractivity contribution in [1.29, 1.82) is 0 Å². The van der Waals surface area contributed by atoms with Crippen molar-refractivity contribution in [2.45, 2.75) is 57.6 Å². The van der Waals surface area contributed by atoms with Crippen LogP contribution in [0.3, 0.4) is 0 Å². The quantitative estimate of drug-likeness (QED) is 0.697. The number of hydrogen-bond donors (Lipinski definition) is 2. The van der Waals surface area contributed by atoms with Gasteiger partial charge in [-0.05, 0) is 69.8 Å². The Labute approximate surface area is 189 Å². The third kappa shape index (κ3) is 3.72. The summed E-state index contributed by atoms with van der Waals surface area (Å²) in [7, 11) is 0. The van der Waals surface area contributed by atoms with E-state index in [1.807, 2.05) is 6.07 Å². The maximum Gasteiger partial charge on any atom is 0.263 e. The zero-order valence-corrected chi connectivity index (χ0v) is 19.0. The molecule has 3 N–H and O–H groups in total. The molecule has 1 aromatic rings. The van der Waals surface area contributed by atoms with E-state index in [1.54, 1.807) is 26.1 Å². The highest BCUT2D eigenvalue weighted by atomic mass is 16.5. The Kier molecular flexibility index (Phi) is 5.31. The number of rotatable bonds is 6. The van der Waals surface area contributed by atoms with Crippen molar-refractivity contribution in [2.24, 2.45) is 28.9 Å². The van der Waals surface area contributed by atoms with Gasteiger partial charge >= 0.3 is 0 Å². The van der Waals surface area contributed by atoms with Gasteiger partial charge in [0.15, 0.2) is 5.60 Å². The van der Waals surface area contributed by atoms with Crippen LogP contribution in [0.5, 0.6) is 5.88 Å². The fourth-order valence-corrected chi connectivity index (χ4v) is 6.72. The molecule has 5 fully saturated rings. The Hall–Kier alpha value is -2.35. The molecule has 0 aromatic carbocycles. The first-order valence-electron chi connectivity index (χ1n) is 11.9. The lowest BCUT2D eigenvalue weighted by Gasteiger charge is -2.59. The van der Waals surface area contributed by atoms with Gasteiger partial charge < -0.3 is 25.4 Å². The Morgan fingerprint density at radius 2 is 1.88 bits per heavy atom. The number of nitrogens with zero attached hydrogens (tertiary/aromatic N) is 2. The molecule has 0 radical (unpaired) electrons. The normalized spacial score (nSPS) is 33.8. The van der Waals surface area contributed by atoms with Crippen molar-refractivity contribution in [1.82, 2.24) is 10.3 Å². The number of anilines is 1. The molecule has 0 spiro atoms. The van der Waals surface area contributed by atoms with Crippen LogP contribution in [0, 0.1) is 23.2 Å². The minimum absolute atomic E-state index is 0.208. The summed E-state index contributed by atoms with van der Waals surface area (Å²) in [5, 5.41) is 3.19. The highest BCUT2D eigenvalue weighted by molar-refractivity contribution is 5.87. The predicted molar refractivity (Wildman–Crippen MR) is 119 cm³/mol. The molecule has 4 bridgehead atoms. The van der Waals surface area contributed by atoms with Gasteiger partial charge in [0.25, 0.3) is 5.91 Å². The highest BCUT2D eigenvalue weighted by Crippen LogP contribution is 2.60. The van der Waals surface area contributed by atoms with Crippen LogP contribution in [0.25, 0.3) is 0 Å². The summed E-state index contributed by atoms with van der Waals surface area (Å²) in [5.74, 6) is 1.35. The maximum absolute atomic E-state index is 13.3. The number of pyridine rings is 1. The zero-order chi connectivity index (χ0) is 22.5. The Balaban J connectivity index is 1.27. The fraction of sp³-hybridized carbons (Fsp3) is 0.708. The van der Waals surface area contributed by atoms with Crippen LogP contribution < -0.4 is 20.7 Å². The second-order valence-corrected chi connectivity index (χ2v) is 10.6. The zero-order valence-electron chi connectivity index (χ0n) is 19.0. The summed E-state index contributed by atoms with van der Waals surface area (Å²) in [5.41, 5.74) is 5.20. The molecule has 174 valence electrons. The number of morpholine rings is 1. The van der Waals surface area contributed by atoms with Crippen LogP contribution in [0.2, 0.25) is 0 Å². The average Bonchev–Trinajstić information content (AvgIpc) is 2.76. The van der Waals surface area contributed by atoms with Crippen LogP contribution in [0.1, 0.15) is 46.0 Å². The lowest BCUT2D eigenvalue weighted by atomic mass is 9.47. The van der Waals surface area contributed by atoms with Crippen molar-refractivity contribution in [2.75, 3.05) is 31.2 Å². The lowest BCUT2D eigenvalue weighted by molar-refractivity contribution is -0.155. The van der Waals surface area contributed by atoms with Gasteiger partial charge in [-0.2, -0.15) is 0 Å². The van der Waals surface area contributed by atoms with Crippen molar-refractivity contribution in [3.05, 3.63) is 18.3 Å². The molecule has 4 aliphatic carbocycles. The fourth-order valence-electron chi connectivity index (χ4n) is 6.72. The molecule has 1 aromatic heterocycles. The Morgan fingerprint density at radius 1 is 1.19 bits per heavy atom. The summed E-state index contributed by atoms with van der Waals surface area (Å²) < 4.78 is 11.4. The number of primary amides is 1. The average molecular weight is 443 g/mol. The molecular weight excluding hydrogens is 408 g/mol. The molecule has 3 unspecified atom stereocenters. The molecule has 2 amide bonds. The van der Waals surface area contributed by atoms with E-state index in [9.17, 15) is 9.59 Å². The Morgan fingerprint density at radius 3 is 2.47 bits per heavy atom. The van der Waals surface area contributed by atoms with Crippen molar-refractivity contribution in [3.8, 4) is 5.88 Å². The minimum Gasteiger partial charge on any atom is -0.462 e. The number of carbonyl (C=O) groups excluding carboxylic acids is 2. The first kappa shape index (κ1) is 21.5. The van der Waals surface area contributed by atoms with Gasteiger partial charge in [0.2, 0.25) is 11.8 Å². The first-order valence-corrected chi connectivity index (χ1v) is 11.9. The summed E-state index contributed by atoms with van der Waals surface area (Å²) in [6.45, 7) is 6.58. The third-order valence-electron chi connectivity index (χ3n) is 8.09. The molecule has 1 aliphatic heterocycles. The molecule has 6 rings (SSSR count). The molecule has 4 saturated carbocycles. The van der Waals surface area contributed by atoms with Crippen LogP contribution in [0.15, 0.2) is 18.3 Å². The molecule has 1 saturated heterocycles. The lowest BCUT2D eigenvalue weighted by Crippen LogP contribution is -2.68. The van der Waals surface area contributed by atoms with Crippen molar-refractivity contribution in [3.63, 3.8) is 0 Å². The number of carbonyl (C=O) groups is 2. The monoisotopic (exact) mass is 442 g/mol. The third-order valence-corrected chi connectivity index (χ3v) is 8.09. The SMILES string of the molecule is CC(C)(Oc1ccc(N2CCOCC2)cn1)C(=O)NC1C2CC3CC(C2)CC1(C(N)=O)C3. The second-order valence-electron chi connectivity index (χ2n) is 10.6. The molecule has 5 aliphatic rings. The topological polar surface area (TPSA) is 107 Å². The molecule has 2 heterocycles. The number of nitrogens with two attached hydrogens (primary N) is 1. The van der Waals surface area contributed by atoms with Gasteiger partial charge in [-0.15, -0.1) is 0 Å². The molecule has 8 nitrogen and oxygen atoms in total. The summed E-state index contributed by atoms with van der Waals surface area (Å²) in [4.78, 5) is 32.5. The standard InChI is InChI=1S/C24H34N4O4/c1-23(2,32-19-4-3-18(14-26-19)28-5-7-31-8-6-28)22(30)27-20-17-10-15-9-16(11-17)13-24(20,12-15)21(25)29/h3-4,14-17,20H,5-13H2,1-2H3,(H2,25,29)(H,27,30). The number of hydrogen-bond acceptors (Lipinski definition) is 6. The first-order chi connectivity index (χ1) is 15.3. The van der Waals surface area contributed by atoms with Gasteiger partial charge in [-0.3, -0.25) is 9.59 Å². The van der Waals surface area contributed by atoms with E-state index in [1.165, 1.54) is 6.42 Å². The number of aromatic nitrogens is 1. The van der Waals surface area contributed by atoms with Crippen molar-refractivity contribution < 1.29 is 19.1 Å². The minimum atomic E-state index is -1.12. The van der Waals surface area contributed by atoms with Gasteiger partial charge in [-0.25, -0.2) is 4.98 Å². The van der Waals surface area contributed by atoms with Gasteiger partial charge in [-0.1, -0.05) is 0 Å². The molecular formula is C24H34N4O4. The molecule has 32 heavy (non-hydrogen) atoms. The van der Waals surface area contributed by atoms with E-state index in [-0.39, 0.29) is 17.9 Å². The second kappa shape index (κ2) is 7.90. The van der Waals surface area contributed by atoms with E-state index in [0.29, 0.717) is 36.8 Å². The highest BCUT2D eigenvalue weighted by Gasteiger charge is 2.60. The van der Waals surface area contributed by atoms with Crippen LogP contribution >= 0.6 is 0 Å². The van der Waals surface area contributed by atoms with E-state index in [0.717, 1.165) is 44.5 Å². The van der Waals surface area contributed by atoms with Gasteiger partial charge in [0, 0.05) is 25.2 Å². The van der Waals surface area contributed by atoms with Crippen LogP contribution in [-0.4, -0.2) is 54.7 Å². The van der Waals surface area contributed by atoms with E-state index in [2.05, 4.69) is 15.2 Å². The number of ether oxygens (including phenoxy) is 2. The largest absolute Gasteiger partial charge is 0.462 e. The summed E-state index contributed by atoms with van der Waals surface area (Å²) >= 11 is 0. The van der Waals surface area contributed by atoms with Crippen LogP contribution in [0.4, 0.5) is 5.69 Å². The van der Waals surface area contributed by atoms with Gasteiger partial charge in [0.1, 0.15) is 0 Å². The summed E-state index contributed by atoms with van der Waals surface area (Å²) in [6.07, 6.45) is 6.71. The summed E-state index contributed by atoms with van der Waals surface area (Å²) in [6, 6.07) is 3.55. The van der Waals surface area contributed by atoms with Crippen molar-refractivity contribution >= 4 is 17.5 Å². The van der Waals surface area contributed by atoms with E-state index >= 15 is 0 Å². The number of nitrogens with one attached hydrogen (secondary N) is 1. The predicted octanol–water partition coefficient (Wildman–Crippen LogP) is 1.87. The van der Waals surface area contributed by atoms with E-state index in [4.69, 9.17) is 15.2 Å². The maximum atomic E-state index is 13.3. The van der Waals surface area contributed by atoms with E-state index < -0.39 is 11.0 Å². The molecule has 8 heteroatoms. The van der Waals surface area contributed by atoms with Crippen LogP contribution in [-0.2, 0) is 14.3 Å².